The maximum atomic E-state index is 14.3. The predicted octanol–water partition coefficient (Wildman–Crippen LogP) is 4.19. The second-order valence-electron chi connectivity index (χ2n) is 6.92. The third kappa shape index (κ3) is 3.55. The van der Waals surface area contributed by atoms with Crippen molar-refractivity contribution >= 4 is 39.0 Å². The summed E-state index contributed by atoms with van der Waals surface area (Å²) in [5.41, 5.74) is 1.59. The van der Waals surface area contributed by atoms with Gasteiger partial charge < -0.3 is 0 Å². The highest BCUT2D eigenvalue weighted by molar-refractivity contribution is 7.98. The molecule has 5 aromatic rings. The van der Waals surface area contributed by atoms with Crippen molar-refractivity contribution in [2.75, 3.05) is 0 Å². The lowest BCUT2D eigenvalue weighted by molar-refractivity contribution is 0.615. The summed E-state index contributed by atoms with van der Waals surface area (Å²) in [4.78, 5) is 35.3. The quantitative estimate of drug-likeness (QED) is 0.303. The van der Waals surface area contributed by atoms with Crippen molar-refractivity contribution in [3.63, 3.8) is 0 Å². The van der Waals surface area contributed by atoms with Crippen LogP contribution in [0.4, 0.5) is 4.39 Å². The molecule has 3 aromatic heterocycles. The average molecular weight is 451 g/mol. The molecule has 0 bridgehead atoms. The molecule has 0 radical (unpaired) electrons. The summed E-state index contributed by atoms with van der Waals surface area (Å²) in [6.45, 7) is 1.67. The highest BCUT2D eigenvalue weighted by Gasteiger charge is 2.15. The first-order valence-corrected chi connectivity index (χ1v) is 11.2. The maximum Gasteiger partial charge on any atom is 0.266 e. The number of halogens is 1. The molecule has 0 saturated heterocycles. The number of nitrogens with zero attached hydrogens (tertiary/aromatic N) is 4. The molecule has 0 spiro atoms. The van der Waals surface area contributed by atoms with E-state index >= 15 is 0 Å². The summed E-state index contributed by atoms with van der Waals surface area (Å²) in [7, 11) is 0. The Balaban J connectivity index is 1.63. The highest BCUT2D eigenvalue weighted by atomic mass is 32.2. The van der Waals surface area contributed by atoms with Crippen LogP contribution in [0.25, 0.3) is 21.6 Å². The summed E-state index contributed by atoms with van der Waals surface area (Å²) in [5.74, 6) is -0.0608. The lowest BCUT2D eigenvalue weighted by Gasteiger charge is -2.13. The van der Waals surface area contributed by atoms with E-state index in [-0.39, 0.29) is 11.1 Å². The molecule has 31 heavy (non-hydrogen) atoms. The SMILES string of the molecule is Cc1ccc(-n2c(SCc3cc(=O)n4ccsc4n3)nc3ccccc3c2=O)cc1F. The average Bonchev–Trinajstić information content (AvgIpc) is 3.24. The molecule has 0 saturated carbocycles. The molecular weight excluding hydrogens is 435 g/mol. The fraction of sp³-hybridized carbons (Fsp3) is 0.0909. The summed E-state index contributed by atoms with van der Waals surface area (Å²) in [5, 5.41) is 2.65. The molecule has 0 unspecified atom stereocenters. The van der Waals surface area contributed by atoms with Crippen LogP contribution < -0.4 is 11.1 Å². The van der Waals surface area contributed by atoms with Crippen LogP contribution in [0.3, 0.4) is 0 Å². The van der Waals surface area contributed by atoms with Crippen LogP contribution >= 0.6 is 23.1 Å². The fourth-order valence-corrected chi connectivity index (χ4v) is 4.90. The molecule has 154 valence electrons. The van der Waals surface area contributed by atoms with Crippen molar-refractivity contribution in [3.8, 4) is 5.69 Å². The van der Waals surface area contributed by atoms with E-state index in [1.54, 1.807) is 48.8 Å². The van der Waals surface area contributed by atoms with Crippen molar-refractivity contribution in [2.24, 2.45) is 0 Å². The second-order valence-corrected chi connectivity index (χ2v) is 8.73. The van der Waals surface area contributed by atoms with Gasteiger partial charge in [0.15, 0.2) is 10.1 Å². The number of rotatable bonds is 4. The van der Waals surface area contributed by atoms with Gasteiger partial charge in [-0.15, -0.1) is 11.3 Å². The number of thioether (sulfide) groups is 1. The number of hydrogen-bond acceptors (Lipinski definition) is 6. The van der Waals surface area contributed by atoms with Crippen molar-refractivity contribution in [1.29, 1.82) is 0 Å². The highest BCUT2D eigenvalue weighted by Crippen LogP contribution is 2.25. The zero-order chi connectivity index (χ0) is 21.5. The van der Waals surface area contributed by atoms with Crippen LogP contribution in [-0.2, 0) is 5.75 Å². The first kappa shape index (κ1) is 19.7. The number of aryl methyl sites for hydroxylation is 1. The van der Waals surface area contributed by atoms with Gasteiger partial charge in [0.25, 0.3) is 11.1 Å². The van der Waals surface area contributed by atoms with Crippen LogP contribution in [-0.4, -0.2) is 18.9 Å². The molecule has 0 N–H and O–H groups in total. The van der Waals surface area contributed by atoms with Crippen LogP contribution in [0.5, 0.6) is 0 Å². The lowest BCUT2D eigenvalue weighted by atomic mass is 10.2. The van der Waals surface area contributed by atoms with Crippen LogP contribution in [0.15, 0.2) is 74.9 Å². The molecule has 0 fully saturated rings. The van der Waals surface area contributed by atoms with Crippen LogP contribution in [0, 0.1) is 12.7 Å². The van der Waals surface area contributed by atoms with E-state index in [2.05, 4.69) is 9.97 Å². The van der Waals surface area contributed by atoms with E-state index in [9.17, 15) is 14.0 Å². The van der Waals surface area contributed by atoms with Gasteiger partial charge in [-0.25, -0.2) is 14.4 Å². The Morgan fingerprint density at radius 1 is 1.10 bits per heavy atom. The smallest absolute Gasteiger partial charge is 0.266 e. The molecule has 0 atom stereocenters. The largest absolute Gasteiger partial charge is 0.269 e. The Morgan fingerprint density at radius 3 is 2.77 bits per heavy atom. The third-order valence-electron chi connectivity index (χ3n) is 4.86. The molecule has 0 aliphatic carbocycles. The number of para-hydroxylation sites is 1. The molecule has 9 heteroatoms. The zero-order valence-electron chi connectivity index (χ0n) is 16.3. The van der Waals surface area contributed by atoms with Crippen molar-refractivity contribution < 1.29 is 4.39 Å². The van der Waals surface area contributed by atoms with Gasteiger partial charge in [-0.1, -0.05) is 30.0 Å². The Morgan fingerprint density at radius 2 is 1.94 bits per heavy atom. The van der Waals surface area contributed by atoms with Gasteiger partial charge in [-0.2, -0.15) is 0 Å². The molecule has 3 heterocycles. The second kappa shape index (κ2) is 7.75. The van der Waals surface area contributed by atoms with Gasteiger partial charge in [0.2, 0.25) is 0 Å². The number of hydrogen-bond donors (Lipinski definition) is 0. The van der Waals surface area contributed by atoms with Crippen molar-refractivity contribution in [1.82, 2.24) is 18.9 Å². The fourth-order valence-electron chi connectivity index (χ4n) is 3.26. The van der Waals surface area contributed by atoms with Gasteiger partial charge in [-0.3, -0.25) is 18.6 Å². The normalized spacial score (nSPS) is 11.4. The summed E-state index contributed by atoms with van der Waals surface area (Å²) in [6.07, 6.45) is 1.68. The first-order chi connectivity index (χ1) is 15.0. The Bertz CT molecular complexity index is 1570. The van der Waals surface area contributed by atoms with Gasteiger partial charge in [0.05, 0.1) is 22.3 Å². The minimum atomic E-state index is -0.397. The standard InChI is InChI=1S/C22H15FN4O2S2/c1-13-6-7-15(11-17(13)23)27-20(29)16-4-2-3-5-18(16)25-22(27)31-12-14-10-19(28)26-8-9-30-21(26)24-14/h2-11H,12H2,1H3. The third-order valence-corrected chi connectivity index (χ3v) is 6.59. The Kier molecular flexibility index (Phi) is 4.91. The van der Waals surface area contributed by atoms with Gasteiger partial charge in [-0.05, 0) is 36.8 Å². The maximum absolute atomic E-state index is 14.3. The summed E-state index contributed by atoms with van der Waals surface area (Å²) >= 11 is 2.65. The van der Waals surface area contributed by atoms with Crippen LogP contribution in [0.2, 0.25) is 0 Å². The molecule has 0 aliphatic heterocycles. The Labute approximate surface area is 183 Å². The van der Waals surface area contributed by atoms with Gasteiger partial charge >= 0.3 is 0 Å². The topological polar surface area (TPSA) is 69.3 Å². The molecule has 0 amide bonds. The molecule has 6 nitrogen and oxygen atoms in total. The van der Waals surface area contributed by atoms with Gasteiger partial charge in [0.1, 0.15) is 5.82 Å². The molecular formula is C22H15FN4O2S2. The number of benzene rings is 2. The minimum Gasteiger partial charge on any atom is -0.269 e. The Hall–Kier alpha value is -3.30. The number of fused-ring (bicyclic) bond motifs is 2. The molecule has 0 aliphatic rings. The van der Waals surface area contributed by atoms with Crippen molar-refractivity contribution in [2.45, 2.75) is 17.8 Å². The zero-order valence-corrected chi connectivity index (χ0v) is 17.9. The van der Waals surface area contributed by atoms with Gasteiger partial charge in [0, 0.05) is 23.4 Å². The van der Waals surface area contributed by atoms with Crippen molar-refractivity contribution in [3.05, 3.63) is 97.9 Å². The number of aromatic nitrogens is 4. The van der Waals surface area contributed by atoms with E-state index in [1.807, 2.05) is 6.07 Å². The lowest BCUT2D eigenvalue weighted by Crippen LogP contribution is -2.22. The summed E-state index contributed by atoms with van der Waals surface area (Å²) < 4.78 is 17.2. The first-order valence-electron chi connectivity index (χ1n) is 9.38. The van der Waals surface area contributed by atoms with E-state index < -0.39 is 5.82 Å². The molecule has 5 rings (SSSR count). The van der Waals surface area contributed by atoms with E-state index in [0.717, 1.165) is 0 Å². The monoisotopic (exact) mass is 450 g/mol. The van der Waals surface area contributed by atoms with E-state index in [4.69, 9.17) is 0 Å². The summed E-state index contributed by atoms with van der Waals surface area (Å²) in [6, 6.07) is 13.2. The molecule has 2 aromatic carbocycles. The van der Waals surface area contributed by atoms with E-state index in [0.29, 0.717) is 43.7 Å². The number of thiazole rings is 1. The minimum absolute atomic E-state index is 0.161. The predicted molar refractivity (Wildman–Crippen MR) is 121 cm³/mol. The van der Waals surface area contributed by atoms with Crippen LogP contribution in [0.1, 0.15) is 11.3 Å². The van der Waals surface area contributed by atoms with E-state index in [1.165, 1.54) is 44.2 Å².